The van der Waals surface area contributed by atoms with Gasteiger partial charge in [0.2, 0.25) is 0 Å². The number of nitrogens with one attached hydrogen (secondary N) is 1. The Morgan fingerprint density at radius 2 is 1.70 bits per heavy atom. The predicted molar refractivity (Wildman–Crippen MR) is 123 cm³/mol. The molecule has 0 atom stereocenters. The van der Waals surface area contributed by atoms with Crippen LogP contribution in [0.5, 0.6) is 11.5 Å². The number of rotatable bonds is 8. The molecule has 2 amide bonds. The molecule has 4 rings (SSSR count). The second kappa shape index (κ2) is 9.56. The van der Waals surface area contributed by atoms with Crippen LogP contribution in [0.3, 0.4) is 0 Å². The van der Waals surface area contributed by atoms with E-state index >= 15 is 0 Å². The number of amides is 2. The Bertz CT molecular complexity index is 1220. The molecule has 0 bridgehead atoms. The zero-order valence-corrected chi connectivity index (χ0v) is 18.3. The van der Waals surface area contributed by atoms with Gasteiger partial charge < -0.3 is 14.8 Å². The van der Waals surface area contributed by atoms with Crippen LogP contribution in [0.4, 0.5) is 10.1 Å². The number of hydrogen-bond acceptors (Lipinski definition) is 5. The summed E-state index contributed by atoms with van der Waals surface area (Å²) in [6.07, 6.45) is 0. The van der Waals surface area contributed by atoms with E-state index in [0.717, 1.165) is 4.90 Å². The number of hydrogen-bond donors (Lipinski definition) is 1. The Morgan fingerprint density at radius 3 is 2.42 bits per heavy atom. The van der Waals surface area contributed by atoms with Gasteiger partial charge in [0.25, 0.3) is 11.8 Å². The van der Waals surface area contributed by atoms with E-state index in [1.54, 1.807) is 54.6 Å². The van der Waals surface area contributed by atoms with Crippen molar-refractivity contribution in [1.29, 1.82) is 0 Å². The first-order valence-electron chi connectivity index (χ1n) is 10.5. The third kappa shape index (κ3) is 4.57. The summed E-state index contributed by atoms with van der Waals surface area (Å²) >= 11 is 0. The number of halogens is 1. The Labute approximate surface area is 191 Å². The number of methoxy groups -OCH3 is 1. The molecule has 0 radical (unpaired) electrons. The minimum Gasteiger partial charge on any atom is -0.496 e. The second-order valence-electron chi connectivity index (χ2n) is 7.36. The van der Waals surface area contributed by atoms with E-state index in [2.05, 4.69) is 5.32 Å². The van der Waals surface area contributed by atoms with Crippen LogP contribution in [-0.2, 0) is 16.1 Å². The normalized spacial score (nSPS) is 13.5. The van der Waals surface area contributed by atoms with E-state index < -0.39 is 11.8 Å². The Balaban J connectivity index is 1.75. The first-order valence-corrected chi connectivity index (χ1v) is 10.5. The van der Waals surface area contributed by atoms with Gasteiger partial charge in [0.05, 0.1) is 25.8 Å². The van der Waals surface area contributed by atoms with E-state index in [1.165, 1.54) is 19.2 Å². The zero-order valence-electron chi connectivity index (χ0n) is 18.3. The first kappa shape index (κ1) is 22.1. The lowest BCUT2D eigenvalue weighted by molar-refractivity contribution is -0.137. The maximum absolute atomic E-state index is 13.5. The number of carbonyl (C=O) groups is 2. The van der Waals surface area contributed by atoms with Gasteiger partial charge in [-0.05, 0) is 42.8 Å². The van der Waals surface area contributed by atoms with Gasteiger partial charge >= 0.3 is 0 Å². The molecular weight excluding hydrogens is 423 g/mol. The molecule has 0 saturated carbocycles. The van der Waals surface area contributed by atoms with Crippen LogP contribution >= 0.6 is 0 Å². The number of ether oxygens (including phenoxy) is 2. The minimum atomic E-state index is -0.480. The van der Waals surface area contributed by atoms with E-state index in [-0.39, 0.29) is 23.6 Å². The molecule has 0 fully saturated rings. The summed E-state index contributed by atoms with van der Waals surface area (Å²) in [7, 11) is 1.51. The van der Waals surface area contributed by atoms with E-state index in [9.17, 15) is 14.0 Å². The third-order valence-electron chi connectivity index (χ3n) is 5.21. The molecule has 1 N–H and O–H groups in total. The standard InChI is InChI=1S/C26H23FN2O4/c1-3-33-20-8-6-7-19(15-20)28-24-23(21-9-4-5-10-22(21)32-2)25(30)29(26(24)31)16-17-11-13-18(27)14-12-17/h4-15,28H,3,16H2,1-2H3. The molecule has 0 saturated heterocycles. The van der Waals surface area contributed by atoms with Crippen molar-refractivity contribution in [2.45, 2.75) is 13.5 Å². The van der Waals surface area contributed by atoms with Crippen molar-refractivity contribution in [3.8, 4) is 11.5 Å². The molecule has 3 aromatic carbocycles. The number of para-hydroxylation sites is 1. The highest BCUT2D eigenvalue weighted by Crippen LogP contribution is 2.36. The number of anilines is 1. The molecule has 1 heterocycles. The average Bonchev–Trinajstić information content (AvgIpc) is 3.05. The smallest absolute Gasteiger partial charge is 0.278 e. The lowest BCUT2D eigenvalue weighted by Crippen LogP contribution is -2.32. The summed E-state index contributed by atoms with van der Waals surface area (Å²) in [6, 6.07) is 19.9. The molecule has 0 aliphatic carbocycles. The van der Waals surface area contributed by atoms with Crippen molar-refractivity contribution in [3.63, 3.8) is 0 Å². The van der Waals surface area contributed by atoms with Crippen molar-refractivity contribution in [1.82, 2.24) is 4.90 Å². The lowest BCUT2D eigenvalue weighted by atomic mass is 10.0. The maximum atomic E-state index is 13.5. The topological polar surface area (TPSA) is 67.9 Å². The summed E-state index contributed by atoms with van der Waals surface area (Å²) in [5.41, 5.74) is 2.09. The highest BCUT2D eigenvalue weighted by Gasteiger charge is 2.40. The lowest BCUT2D eigenvalue weighted by Gasteiger charge is -2.16. The summed E-state index contributed by atoms with van der Waals surface area (Å²) in [5.74, 6) is -0.215. The second-order valence-corrected chi connectivity index (χ2v) is 7.36. The molecule has 0 spiro atoms. The molecule has 0 aromatic heterocycles. The van der Waals surface area contributed by atoms with Crippen molar-refractivity contribution in [2.75, 3.05) is 19.0 Å². The van der Waals surface area contributed by atoms with Gasteiger partial charge in [-0.3, -0.25) is 14.5 Å². The van der Waals surface area contributed by atoms with Gasteiger partial charge in [0, 0.05) is 17.3 Å². The van der Waals surface area contributed by atoms with Gasteiger partial charge in [0.1, 0.15) is 23.0 Å². The number of carbonyl (C=O) groups excluding carboxylic acids is 2. The van der Waals surface area contributed by atoms with E-state index in [0.29, 0.717) is 34.9 Å². The summed E-state index contributed by atoms with van der Waals surface area (Å²) < 4.78 is 24.3. The largest absolute Gasteiger partial charge is 0.496 e. The van der Waals surface area contributed by atoms with Gasteiger partial charge in [0.15, 0.2) is 0 Å². The molecule has 33 heavy (non-hydrogen) atoms. The summed E-state index contributed by atoms with van der Waals surface area (Å²) in [6.45, 7) is 2.40. The fourth-order valence-electron chi connectivity index (χ4n) is 3.68. The maximum Gasteiger partial charge on any atom is 0.278 e. The molecular formula is C26H23FN2O4. The van der Waals surface area contributed by atoms with Crippen molar-refractivity contribution in [2.24, 2.45) is 0 Å². The molecule has 168 valence electrons. The predicted octanol–water partition coefficient (Wildman–Crippen LogP) is 4.63. The first-order chi connectivity index (χ1) is 16.0. The fraction of sp³-hybridized carbons (Fsp3) is 0.154. The summed E-state index contributed by atoms with van der Waals surface area (Å²) in [5, 5.41) is 3.12. The SMILES string of the molecule is CCOc1cccc(NC2=C(c3ccccc3OC)C(=O)N(Cc3ccc(F)cc3)C2=O)c1. The number of imide groups is 1. The van der Waals surface area contributed by atoms with E-state index in [4.69, 9.17) is 9.47 Å². The quantitative estimate of drug-likeness (QED) is 0.511. The van der Waals surface area contributed by atoms with Gasteiger partial charge in [-0.1, -0.05) is 36.4 Å². The van der Waals surface area contributed by atoms with Crippen LogP contribution in [0.2, 0.25) is 0 Å². The van der Waals surface area contributed by atoms with Crippen molar-refractivity contribution >= 4 is 23.1 Å². The van der Waals surface area contributed by atoms with Crippen molar-refractivity contribution < 1.29 is 23.5 Å². The van der Waals surface area contributed by atoms with Gasteiger partial charge in [-0.15, -0.1) is 0 Å². The average molecular weight is 446 g/mol. The number of benzene rings is 3. The summed E-state index contributed by atoms with van der Waals surface area (Å²) in [4.78, 5) is 28.0. The zero-order chi connectivity index (χ0) is 23.4. The van der Waals surface area contributed by atoms with Crippen LogP contribution < -0.4 is 14.8 Å². The Hall–Kier alpha value is -4.13. The van der Waals surface area contributed by atoms with Crippen LogP contribution in [-0.4, -0.2) is 30.4 Å². The molecule has 0 unspecified atom stereocenters. The van der Waals surface area contributed by atoms with Crippen LogP contribution in [0, 0.1) is 5.82 Å². The third-order valence-corrected chi connectivity index (χ3v) is 5.21. The minimum absolute atomic E-state index is 0.0146. The molecule has 1 aliphatic rings. The van der Waals surface area contributed by atoms with Crippen LogP contribution in [0.25, 0.3) is 5.57 Å². The number of nitrogens with zero attached hydrogens (tertiary/aromatic N) is 1. The Morgan fingerprint density at radius 1 is 0.939 bits per heavy atom. The fourth-order valence-corrected chi connectivity index (χ4v) is 3.68. The molecule has 6 nitrogen and oxygen atoms in total. The van der Waals surface area contributed by atoms with Gasteiger partial charge in [-0.2, -0.15) is 0 Å². The van der Waals surface area contributed by atoms with Gasteiger partial charge in [-0.25, -0.2) is 4.39 Å². The van der Waals surface area contributed by atoms with Crippen molar-refractivity contribution in [3.05, 3.63) is 95.4 Å². The Kier molecular flexibility index (Phi) is 6.40. The highest BCUT2D eigenvalue weighted by atomic mass is 19.1. The van der Waals surface area contributed by atoms with Crippen LogP contribution in [0.15, 0.2) is 78.5 Å². The molecule has 3 aromatic rings. The monoisotopic (exact) mass is 446 g/mol. The van der Waals surface area contributed by atoms with Crippen LogP contribution in [0.1, 0.15) is 18.1 Å². The molecule has 1 aliphatic heterocycles. The van der Waals surface area contributed by atoms with E-state index in [1.807, 2.05) is 13.0 Å². The molecule has 7 heteroatoms. The highest BCUT2D eigenvalue weighted by molar-refractivity contribution is 6.36.